The van der Waals surface area contributed by atoms with Crippen molar-refractivity contribution in [2.75, 3.05) is 7.05 Å². The van der Waals surface area contributed by atoms with E-state index >= 15 is 0 Å². The molecule has 3 aromatic rings. The molecule has 1 aromatic heterocycles. The van der Waals surface area contributed by atoms with E-state index < -0.39 is 0 Å². The van der Waals surface area contributed by atoms with E-state index in [-0.39, 0.29) is 11.9 Å². The minimum atomic E-state index is -0.254. The summed E-state index contributed by atoms with van der Waals surface area (Å²) in [5.41, 5.74) is 2.90. The molecule has 0 aliphatic heterocycles. The van der Waals surface area contributed by atoms with E-state index in [1.54, 1.807) is 12.3 Å². The van der Waals surface area contributed by atoms with Crippen LogP contribution >= 0.6 is 15.9 Å². The molecule has 4 heteroatoms. The summed E-state index contributed by atoms with van der Waals surface area (Å²) in [7, 11) is 1.87. The van der Waals surface area contributed by atoms with Crippen molar-refractivity contribution in [3.8, 4) is 0 Å². The van der Waals surface area contributed by atoms with Gasteiger partial charge in [0.2, 0.25) is 0 Å². The van der Waals surface area contributed by atoms with Crippen molar-refractivity contribution in [3.63, 3.8) is 0 Å². The highest BCUT2D eigenvalue weighted by molar-refractivity contribution is 9.10. The molecule has 2 aromatic carbocycles. The van der Waals surface area contributed by atoms with Crippen molar-refractivity contribution in [1.82, 2.24) is 10.3 Å². The Bertz CT molecular complexity index is 789. The van der Waals surface area contributed by atoms with Gasteiger partial charge in [0.1, 0.15) is 5.82 Å². The highest BCUT2D eigenvalue weighted by Gasteiger charge is 2.17. The van der Waals surface area contributed by atoms with Crippen LogP contribution in [0.1, 0.15) is 17.2 Å². The highest BCUT2D eigenvalue weighted by atomic mass is 79.9. The Morgan fingerprint density at radius 3 is 2.81 bits per heavy atom. The SMILES string of the molecule is CNC(c1ccc2ncccc2c1)c1cccc(F)c1Br. The van der Waals surface area contributed by atoms with Gasteiger partial charge in [0.25, 0.3) is 0 Å². The lowest BCUT2D eigenvalue weighted by atomic mass is 9.97. The number of pyridine rings is 1. The molecule has 2 nitrogen and oxygen atoms in total. The lowest BCUT2D eigenvalue weighted by Gasteiger charge is -2.19. The number of aromatic nitrogens is 1. The van der Waals surface area contributed by atoms with Crippen molar-refractivity contribution in [1.29, 1.82) is 0 Å². The normalized spacial score (nSPS) is 12.5. The predicted molar refractivity (Wildman–Crippen MR) is 86.7 cm³/mol. The Labute approximate surface area is 131 Å². The standard InChI is InChI=1S/C17H14BrFN2/c1-20-17(13-5-2-6-14(19)16(13)18)12-7-8-15-11(10-12)4-3-9-21-15/h2-10,17,20H,1H3. The van der Waals surface area contributed by atoms with Gasteiger partial charge in [-0.25, -0.2) is 4.39 Å². The van der Waals surface area contributed by atoms with Gasteiger partial charge in [-0.15, -0.1) is 0 Å². The Morgan fingerprint density at radius 1 is 1.14 bits per heavy atom. The predicted octanol–water partition coefficient (Wildman–Crippen LogP) is 4.45. The minimum absolute atomic E-state index is 0.0836. The van der Waals surface area contributed by atoms with Crippen LogP contribution in [0.5, 0.6) is 0 Å². The topological polar surface area (TPSA) is 24.9 Å². The zero-order valence-electron chi connectivity index (χ0n) is 11.5. The van der Waals surface area contributed by atoms with Crippen LogP contribution in [0.2, 0.25) is 0 Å². The Morgan fingerprint density at radius 2 is 2.00 bits per heavy atom. The van der Waals surface area contributed by atoms with Crippen LogP contribution in [-0.2, 0) is 0 Å². The van der Waals surface area contributed by atoms with Crippen LogP contribution in [0.15, 0.2) is 59.2 Å². The number of nitrogens with one attached hydrogen (secondary N) is 1. The van der Waals surface area contributed by atoms with Gasteiger partial charge in [0.05, 0.1) is 16.0 Å². The molecule has 0 amide bonds. The second kappa shape index (κ2) is 5.92. The van der Waals surface area contributed by atoms with Crippen molar-refractivity contribution in [2.24, 2.45) is 0 Å². The zero-order chi connectivity index (χ0) is 14.8. The number of nitrogens with zero attached hydrogens (tertiary/aromatic N) is 1. The van der Waals surface area contributed by atoms with Gasteiger partial charge in [0, 0.05) is 11.6 Å². The molecule has 1 unspecified atom stereocenters. The average Bonchev–Trinajstić information content (AvgIpc) is 2.52. The van der Waals surface area contributed by atoms with Crippen LogP contribution in [0.25, 0.3) is 10.9 Å². The largest absolute Gasteiger partial charge is 0.309 e. The first kappa shape index (κ1) is 14.2. The molecular weight excluding hydrogens is 331 g/mol. The van der Waals surface area contributed by atoms with E-state index in [0.29, 0.717) is 4.47 Å². The molecule has 0 spiro atoms. The third-order valence-corrected chi connectivity index (χ3v) is 4.38. The van der Waals surface area contributed by atoms with E-state index in [4.69, 9.17) is 0 Å². The van der Waals surface area contributed by atoms with Crippen molar-refractivity contribution >= 4 is 26.8 Å². The van der Waals surface area contributed by atoms with Crippen LogP contribution < -0.4 is 5.32 Å². The van der Waals surface area contributed by atoms with Crippen LogP contribution in [0, 0.1) is 5.82 Å². The van der Waals surface area contributed by atoms with E-state index in [1.807, 2.05) is 37.4 Å². The molecule has 3 rings (SSSR count). The molecule has 1 N–H and O–H groups in total. The monoisotopic (exact) mass is 344 g/mol. The van der Waals surface area contributed by atoms with E-state index in [2.05, 4.69) is 32.3 Å². The van der Waals surface area contributed by atoms with E-state index in [1.165, 1.54) is 6.07 Å². The summed E-state index contributed by atoms with van der Waals surface area (Å²) < 4.78 is 14.3. The highest BCUT2D eigenvalue weighted by Crippen LogP contribution is 2.31. The molecule has 0 aliphatic rings. The molecule has 106 valence electrons. The molecule has 1 heterocycles. The lowest BCUT2D eigenvalue weighted by molar-refractivity contribution is 0.608. The number of hydrogen-bond acceptors (Lipinski definition) is 2. The lowest BCUT2D eigenvalue weighted by Crippen LogP contribution is -2.18. The van der Waals surface area contributed by atoms with Crippen molar-refractivity contribution < 1.29 is 4.39 Å². The van der Waals surface area contributed by atoms with Crippen LogP contribution in [-0.4, -0.2) is 12.0 Å². The van der Waals surface area contributed by atoms with Gasteiger partial charge in [-0.3, -0.25) is 4.98 Å². The molecule has 0 bridgehead atoms. The Balaban J connectivity index is 2.11. The number of benzene rings is 2. The molecule has 21 heavy (non-hydrogen) atoms. The summed E-state index contributed by atoms with van der Waals surface area (Å²) in [4.78, 5) is 4.32. The molecule has 0 saturated heterocycles. The Kier molecular flexibility index (Phi) is 3.99. The first-order valence-corrected chi connectivity index (χ1v) is 7.46. The number of rotatable bonds is 3. The maximum atomic E-state index is 13.8. The third-order valence-electron chi connectivity index (χ3n) is 3.54. The zero-order valence-corrected chi connectivity index (χ0v) is 13.1. The van der Waals surface area contributed by atoms with E-state index in [0.717, 1.165) is 22.0 Å². The maximum Gasteiger partial charge on any atom is 0.137 e. The van der Waals surface area contributed by atoms with Gasteiger partial charge in [-0.05, 0) is 58.4 Å². The quantitative estimate of drug-likeness (QED) is 0.759. The van der Waals surface area contributed by atoms with Gasteiger partial charge in [-0.1, -0.05) is 24.3 Å². The molecule has 0 aliphatic carbocycles. The third kappa shape index (κ3) is 2.69. The molecule has 0 radical (unpaired) electrons. The van der Waals surface area contributed by atoms with Crippen molar-refractivity contribution in [2.45, 2.75) is 6.04 Å². The van der Waals surface area contributed by atoms with Gasteiger partial charge >= 0.3 is 0 Å². The molecule has 1 atom stereocenters. The van der Waals surface area contributed by atoms with E-state index in [9.17, 15) is 4.39 Å². The van der Waals surface area contributed by atoms with Crippen LogP contribution in [0.4, 0.5) is 4.39 Å². The van der Waals surface area contributed by atoms with Gasteiger partial charge in [-0.2, -0.15) is 0 Å². The smallest absolute Gasteiger partial charge is 0.137 e. The Hall–Kier alpha value is -1.78. The van der Waals surface area contributed by atoms with Gasteiger partial charge in [0.15, 0.2) is 0 Å². The number of fused-ring (bicyclic) bond motifs is 1. The molecule has 0 fully saturated rings. The summed E-state index contributed by atoms with van der Waals surface area (Å²) in [6.07, 6.45) is 1.78. The summed E-state index contributed by atoms with van der Waals surface area (Å²) in [6.45, 7) is 0. The first-order chi connectivity index (χ1) is 10.2. The second-order valence-electron chi connectivity index (χ2n) is 4.82. The summed E-state index contributed by atoms with van der Waals surface area (Å²) in [6, 6.07) is 15.0. The second-order valence-corrected chi connectivity index (χ2v) is 5.61. The summed E-state index contributed by atoms with van der Waals surface area (Å²) in [5.74, 6) is -0.254. The fourth-order valence-electron chi connectivity index (χ4n) is 2.52. The summed E-state index contributed by atoms with van der Waals surface area (Å²) >= 11 is 3.34. The molecule has 0 saturated carbocycles. The van der Waals surface area contributed by atoms with Crippen LogP contribution in [0.3, 0.4) is 0 Å². The minimum Gasteiger partial charge on any atom is -0.309 e. The maximum absolute atomic E-state index is 13.8. The molecular formula is C17H14BrFN2. The van der Waals surface area contributed by atoms with Crippen molar-refractivity contribution in [3.05, 3.63) is 76.1 Å². The fraction of sp³-hybridized carbons (Fsp3) is 0.118. The number of hydrogen-bond donors (Lipinski definition) is 1. The summed E-state index contributed by atoms with van der Waals surface area (Å²) in [5, 5.41) is 4.32. The van der Waals surface area contributed by atoms with Gasteiger partial charge < -0.3 is 5.32 Å². The fourth-order valence-corrected chi connectivity index (χ4v) is 3.01. The first-order valence-electron chi connectivity index (χ1n) is 6.66. The number of halogens is 2. The average molecular weight is 345 g/mol.